The van der Waals surface area contributed by atoms with Crippen LogP contribution in [0, 0.1) is 0 Å². The molecule has 2 aromatic rings. The second-order valence-electron chi connectivity index (χ2n) is 6.64. The first-order chi connectivity index (χ1) is 14.6. The first kappa shape index (κ1) is 24.5. The number of carbonyl (C=O) groups excluding carboxylic acids is 1. The van der Waals surface area contributed by atoms with Gasteiger partial charge in [-0.25, -0.2) is 4.99 Å². The number of aliphatic imine (C=N–C) groups is 1. The number of hydrogen-bond acceptors (Lipinski definition) is 5. The molecule has 31 heavy (non-hydrogen) atoms. The standard InChI is InChI=1S/C21H23ClF3N5O/c1-3-27-10-7-14(19(30-13(2)26)16-6-4-5-9-28-16)12-17(31)15-8-11-29-20(18(15)22)21(23,24)25/h4-6,8-9,11,27H,3,7,10,12H2,1-2H3,(H2,26,30)/b19-14-. The van der Waals surface area contributed by atoms with Gasteiger partial charge in [-0.1, -0.05) is 24.6 Å². The van der Waals surface area contributed by atoms with Gasteiger partial charge in [0.15, 0.2) is 11.5 Å². The van der Waals surface area contributed by atoms with Gasteiger partial charge < -0.3 is 11.1 Å². The minimum Gasteiger partial charge on any atom is -0.387 e. The normalized spacial score (nSPS) is 13.2. The molecule has 0 aliphatic carbocycles. The summed E-state index contributed by atoms with van der Waals surface area (Å²) in [6.07, 6.45) is -2.05. The van der Waals surface area contributed by atoms with Crippen LogP contribution in [0.4, 0.5) is 13.2 Å². The van der Waals surface area contributed by atoms with E-state index in [0.717, 1.165) is 6.20 Å². The van der Waals surface area contributed by atoms with Crippen molar-refractivity contribution in [2.24, 2.45) is 10.7 Å². The Labute approximate surface area is 183 Å². The Morgan fingerprint density at radius 3 is 2.55 bits per heavy atom. The number of pyridine rings is 2. The first-order valence-electron chi connectivity index (χ1n) is 9.55. The van der Waals surface area contributed by atoms with Crippen LogP contribution >= 0.6 is 11.6 Å². The Balaban J connectivity index is 2.53. The number of nitrogens with zero attached hydrogens (tertiary/aromatic N) is 3. The molecule has 0 bridgehead atoms. The predicted molar refractivity (Wildman–Crippen MR) is 115 cm³/mol. The van der Waals surface area contributed by atoms with E-state index in [4.69, 9.17) is 17.3 Å². The molecule has 0 aliphatic heterocycles. The maximum Gasteiger partial charge on any atom is 0.434 e. The largest absolute Gasteiger partial charge is 0.434 e. The van der Waals surface area contributed by atoms with Crippen molar-refractivity contribution < 1.29 is 18.0 Å². The lowest BCUT2D eigenvalue weighted by Gasteiger charge is -2.14. The zero-order valence-electron chi connectivity index (χ0n) is 17.1. The van der Waals surface area contributed by atoms with Gasteiger partial charge >= 0.3 is 6.18 Å². The SMILES string of the molecule is CCNCC/C(CC(=O)c1ccnc(C(F)(F)F)c1Cl)=C(/N=C(/C)N)c1ccccn1. The molecular weight excluding hydrogens is 431 g/mol. The Morgan fingerprint density at radius 1 is 1.23 bits per heavy atom. The third-order valence-electron chi connectivity index (χ3n) is 4.22. The van der Waals surface area contributed by atoms with Crippen molar-refractivity contribution >= 4 is 28.9 Å². The highest BCUT2D eigenvalue weighted by molar-refractivity contribution is 6.34. The third-order valence-corrected chi connectivity index (χ3v) is 4.60. The Bertz CT molecular complexity index is 971. The van der Waals surface area contributed by atoms with E-state index in [1.54, 1.807) is 31.3 Å². The number of aromatic nitrogens is 2. The van der Waals surface area contributed by atoms with Crippen molar-refractivity contribution in [2.45, 2.75) is 32.9 Å². The zero-order valence-corrected chi connectivity index (χ0v) is 17.9. The van der Waals surface area contributed by atoms with E-state index in [2.05, 4.69) is 20.3 Å². The van der Waals surface area contributed by atoms with Crippen LogP contribution in [0.3, 0.4) is 0 Å². The van der Waals surface area contributed by atoms with Gasteiger partial charge in [0.05, 0.1) is 22.2 Å². The topological polar surface area (TPSA) is 93.3 Å². The van der Waals surface area contributed by atoms with Gasteiger partial charge in [0, 0.05) is 24.4 Å². The van der Waals surface area contributed by atoms with E-state index in [0.29, 0.717) is 36.5 Å². The molecule has 0 atom stereocenters. The average Bonchev–Trinajstić information content (AvgIpc) is 2.71. The summed E-state index contributed by atoms with van der Waals surface area (Å²) in [5, 5.41) is 2.44. The molecule has 2 rings (SSSR count). The molecule has 0 saturated heterocycles. The Hall–Kier alpha value is -2.78. The fraction of sp³-hybridized carbons (Fsp3) is 0.333. The summed E-state index contributed by atoms with van der Waals surface area (Å²) < 4.78 is 39.4. The number of Topliss-reactive ketones (excluding diaryl/α,β-unsaturated/α-hetero) is 1. The Morgan fingerprint density at radius 2 is 1.97 bits per heavy atom. The quantitative estimate of drug-likeness (QED) is 0.252. The highest BCUT2D eigenvalue weighted by Crippen LogP contribution is 2.35. The van der Waals surface area contributed by atoms with E-state index in [-0.39, 0.29) is 17.8 Å². The van der Waals surface area contributed by atoms with Gasteiger partial charge in [0.2, 0.25) is 0 Å². The summed E-state index contributed by atoms with van der Waals surface area (Å²) in [5.74, 6) is -0.321. The number of carbonyl (C=O) groups is 1. The molecule has 0 amide bonds. The molecule has 0 aliphatic rings. The van der Waals surface area contributed by atoms with Gasteiger partial charge in [0.1, 0.15) is 0 Å². The fourth-order valence-corrected chi connectivity index (χ4v) is 3.17. The lowest BCUT2D eigenvalue weighted by atomic mass is 9.97. The zero-order chi connectivity index (χ0) is 23.0. The lowest BCUT2D eigenvalue weighted by Crippen LogP contribution is -2.17. The highest BCUT2D eigenvalue weighted by Gasteiger charge is 2.36. The van der Waals surface area contributed by atoms with Gasteiger partial charge in [-0.3, -0.25) is 14.8 Å². The number of ketones is 1. The van der Waals surface area contributed by atoms with Crippen molar-refractivity contribution in [1.29, 1.82) is 0 Å². The smallest absolute Gasteiger partial charge is 0.387 e. The molecule has 0 aromatic carbocycles. The van der Waals surface area contributed by atoms with Crippen LogP contribution in [0.2, 0.25) is 5.02 Å². The van der Waals surface area contributed by atoms with Crippen LogP contribution in [-0.4, -0.2) is 34.7 Å². The van der Waals surface area contributed by atoms with E-state index in [1.807, 2.05) is 6.92 Å². The molecule has 0 saturated carbocycles. The van der Waals surface area contributed by atoms with E-state index in [9.17, 15) is 18.0 Å². The van der Waals surface area contributed by atoms with Gasteiger partial charge in [0.25, 0.3) is 0 Å². The van der Waals surface area contributed by atoms with Crippen LogP contribution in [0.1, 0.15) is 48.4 Å². The van der Waals surface area contributed by atoms with Crippen molar-refractivity contribution in [2.75, 3.05) is 13.1 Å². The number of halogens is 4. The minimum absolute atomic E-state index is 0.199. The number of rotatable bonds is 9. The van der Waals surface area contributed by atoms with Gasteiger partial charge in [-0.2, -0.15) is 13.2 Å². The Kier molecular flexibility index (Phi) is 8.70. The van der Waals surface area contributed by atoms with E-state index >= 15 is 0 Å². The monoisotopic (exact) mass is 453 g/mol. The summed E-state index contributed by atoms with van der Waals surface area (Å²) in [6, 6.07) is 6.40. The number of nitrogens with two attached hydrogens (primary N) is 1. The van der Waals surface area contributed by atoms with E-state index < -0.39 is 22.7 Å². The summed E-state index contributed by atoms with van der Waals surface area (Å²) in [4.78, 5) is 24.9. The number of amidine groups is 1. The molecular formula is C21H23ClF3N5O. The molecule has 2 aromatic heterocycles. The summed E-state index contributed by atoms with van der Waals surface area (Å²) in [6.45, 7) is 4.78. The van der Waals surface area contributed by atoms with Crippen LogP contribution in [-0.2, 0) is 6.18 Å². The lowest BCUT2D eigenvalue weighted by molar-refractivity contribution is -0.141. The second kappa shape index (κ2) is 11.0. The summed E-state index contributed by atoms with van der Waals surface area (Å²) >= 11 is 5.89. The van der Waals surface area contributed by atoms with E-state index in [1.165, 1.54) is 6.07 Å². The molecule has 6 nitrogen and oxygen atoms in total. The van der Waals surface area contributed by atoms with Crippen LogP contribution in [0.5, 0.6) is 0 Å². The third kappa shape index (κ3) is 6.86. The van der Waals surface area contributed by atoms with Crippen molar-refractivity contribution in [3.05, 3.63) is 64.2 Å². The molecule has 166 valence electrons. The number of hydrogen-bond donors (Lipinski definition) is 2. The number of nitrogens with one attached hydrogen (secondary N) is 1. The second-order valence-corrected chi connectivity index (χ2v) is 7.02. The summed E-state index contributed by atoms with van der Waals surface area (Å²) in [7, 11) is 0. The van der Waals surface area contributed by atoms with Crippen LogP contribution in [0.15, 0.2) is 47.2 Å². The van der Waals surface area contributed by atoms with Crippen molar-refractivity contribution in [3.63, 3.8) is 0 Å². The molecule has 10 heteroatoms. The molecule has 0 fully saturated rings. The number of alkyl halides is 3. The minimum atomic E-state index is -4.77. The van der Waals surface area contributed by atoms with Crippen molar-refractivity contribution in [3.8, 4) is 0 Å². The molecule has 2 heterocycles. The predicted octanol–water partition coefficient (Wildman–Crippen LogP) is 4.51. The molecule has 0 radical (unpaired) electrons. The van der Waals surface area contributed by atoms with Crippen LogP contribution in [0.25, 0.3) is 5.70 Å². The first-order valence-corrected chi connectivity index (χ1v) is 9.92. The highest BCUT2D eigenvalue weighted by atomic mass is 35.5. The van der Waals surface area contributed by atoms with Crippen molar-refractivity contribution in [1.82, 2.24) is 15.3 Å². The maximum absolute atomic E-state index is 13.1. The summed E-state index contributed by atoms with van der Waals surface area (Å²) in [5.41, 5.74) is 5.74. The fourth-order valence-electron chi connectivity index (χ4n) is 2.85. The van der Waals surface area contributed by atoms with Gasteiger partial charge in [-0.15, -0.1) is 0 Å². The molecule has 3 N–H and O–H groups in total. The molecule has 0 unspecified atom stereocenters. The van der Waals surface area contributed by atoms with Crippen LogP contribution < -0.4 is 11.1 Å². The average molecular weight is 454 g/mol. The van der Waals surface area contributed by atoms with Gasteiger partial charge in [-0.05, 0) is 50.2 Å². The maximum atomic E-state index is 13.1. The molecule has 0 spiro atoms.